The summed E-state index contributed by atoms with van der Waals surface area (Å²) in [5.41, 5.74) is 0. The van der Waals surface area contributed by atoms with Gasteiger partial charge in [-0.05, 0) is 58.2 Å². The highest BCUT2D eigenvalue weighted by atomic mass is 28.4. The Morgan fingerprint density at radius 1 is 0.792 bits per heavy atom. The Hall–Kier alpha value is -0.686. The van der Waals surface area contributed by atoms with Crippen molar-refractivity contribution in [2.24, 2.45) is 0 Å². The van der Waals surface area contributed by atoms with Crippen molar-refractivity contribution in [1.82, 2.24) is 0 Å². The molecule has 0 amide bonds. The second-order valence-electron chi connectivity index (χ2n) is 8.26. The van der Waals surface area contributed by atoms with E-state index in [1.54, 1.807) is 7.11 Å². The summed E-state index contributed by atoms with van der Waals surface area (Å²) in [7, 11) is -1.69. The first-order chi connectivity index (χ1) is 11.1. The van der Waals surface area contributed by atoms with E-state index >= 15 is 0 Å². The maximum Gasteiger partial charge on any atom is 0.268 e. The van der Waals surface area contributed by atoms with Gasteiger partial charge in [0.25, 0.3) is 5.95 Å². The number of ether oxygens (including phenoxy) is 1. The predicted octanol–water partition coefficient (Wildman–Crippen LogP) is 6.81. The molecule has 0 aromatic heterocycles. The van der Waals surface area contributed by atoms with Gasteiger partial charge in [-0.3, -0.25) is 0 Å². The van der Waals surface area contributed by atoms with Crippen LogP contribution in [0, 0.1) is 0 Å². The second-order valence-corrected chi connectivity index (χ2v) is 17.1. The van der Waals surface area contributed by atoms with Crippen LogP contribution in [-0.2, 0) is 13.6 Å². The molecule has 0 unspecified atom stereocenters. The molecule has 0 atom stereocenters. The summed E-state index contributed by atoms with van der Waals surface area (Å²) >= 11 is 0. The van der Waals surface area contributed by atoms with Crippen molar-refractivity contribution in [3.8, 4) is 0 Å². The van der Waals surface area contributed by atoms with Gasteiger partial charge in [0.1, 0.15) is 5.76 Å². The van der Waals surface area contributed by atoms with E-state index in [-0.39, 0.29) is 0 Å². The minimum Gasteiger partial charge on any atom is -0.544 e. The fraction of sp³-hybridized carbons (Fsp3) is 0.789. The van der Waals surface area contributed by atoms with Crippen molar-refractivity contribution in [3.63, 3.8) is 0 Å². The molecule has 142 valence electrons. The largest absolute Gasteiger partial charge is 0.544 e. The zero-order valence-corrected chi connectivity index (χ0v) is 19.3. The molecular weight excluding hydrogens is 332 g/mol. The molecule has 3 nitrogen and oxygen atoms in total. The SMILES string of the molecule is CCCCCCCC/C=C(\C=C(/OC)O[Si](C)(C)C)O[Si](C)(C)C. The smallest absolute Gasteiger partial charge is 0.268 e. The highest BCUT2D eigenvalue weighted by molar-refractivity contribution is 6.70. The Balaban J connectivity index is 4.75. The molecule has 0 N–H and O–H groups in total. The first-order valence-corrected chi connectivity index (χ1v) is 16.2. The molecule has 0 saturated heterocycles. The number of hydrogen-bond donors (Lipinski definition) is 0. The molecule has 0 spiro atoms. The van der Waals surface area contributed by atoms with E-state index in [1.165, 1.54) is 38.5 Å². The van der Waals surface area contributed by atoms with Crippen LogP contribution >= 0.6 is 0 Å². The molecule has 0 bridgehead atoms. The Bertz CT molecular complexity index is 390. The Morgan fingerprint density at radius 2 is 1.33 bits per heavy atom. The van der Waals surface area contributed by atoms with E-state index in [4.69, 9.17) is 13.6 Å². The predicted molar refractivity (Wildman–Crippen MR) is 110 cm³/mol. The molecule has 0 radical (unpaired) electrons. The molecule has 0 aromatic rings. The standard InChI is InChI=1S/C19H40O3Si2/c1-9-10-11-12-13-14-15-16-18(21-23(3,4)5)17-19(20-2)22-24(6,7)8/h16-17H,9-15H2,1-8H3/b18-16+,19-17+. The van der Waals surface area contributed by atoms with E-state index in [9.17, 15) is 0 Å². The van der Waals surface area contributed by atoms with Crippen LogP contribution in [0.15, 0.2) is 23.9 Å². The van der Waals surface area contributed by atoms with Gasteiger partial charge in [0.15, 0.2) is 0 Å². The lowest BCUT2D eigenvalue weighted by molar-refractivity contribution is 0.145. The molecule has 0 fully saturated rings. The van der Waals surface area contributed by atoms with Gasteiger partial charge in [-0.2, -0.15) is 0 Å². The molecular formula is C19H40O3Si2. The molecule has 0 aliphatic heterocycles. The van der Waals surface area contributed by atoms with E-state index in [0.29, 0.717) is 5.95 Å². The van der Waals surface area contributed by atoms with Crippen molar-refractivity contribution < 1.29 is 13.6 Å². The van der Waals surface area contributed by atoms with E-state index in [1.807, 2.05) is 6.08 Å². The number of methoxy groups -OCH3 is 1. The zero-order valence-electron chi connectivity index (χ0n) is 17.3. The lowest BCUT2D eigenvalue weighted by Crippen LogP contribution is -2.26. The molecule has 24 heavy (non-hydrogen) atoms. The van der Waals surface area contributed by atoms with Crippen LogP contribution in [0.4, 0.5) is 0 Å². The van der Waals surface area contributed by atoms with Gasteiger partial charge < -0.3 is 13.6 Å². The van der Waals surface area contributed by atoms with Crippen LogP contribution in [0.3, 0.4) is 0 Å². The monoisotopic (exact) mass is 372 g/mol. The Labute approximate surface area is 152 Å². The minimum atomic E-state index is -1.69. The average molecular weight is 373 g/mol. The quantitative estimate of drug-likeness (QED) is 0.154. The van der Waals surface area contributed by atoms with Crippen molar-refractivity contribution in [3.05, 3.63) is 23.9 Å². The fourth-order valence-electron chi connectivity index (χ4n) is 2.20. The lowest BCUT2D eigenvalue weighted by Gasteiger charge is -2.23. The van der Waals surface area contributed by atoms with Gasteiger partial charge in [0.05, 0.1) is 13.2 Å². The van der Waals surface area contributed by atoms with E-state index in [0.717, 1.165) is 12.2 Å². The summed E-state index contributed by atoms with van der Waals surface area (Å²) in [5.74, 6) is 1.47. The summed E-state index contributed by atoms with van der Waals surface area (Å²) in [5, 5.41) is 0. The van der Waals surface area contributed by atoms with Crippen LogP contribution in [0.5, 0.6) is 0 Å². The lowest BCUT2D eigenvalue weighted by atomic mass is 10.1. The third-order valence-electron chi connectivity index (χ3n) is 3.20. The van der Waals surface area contributed by atoms with Gasteiger partial charge >= 0.3 is 0 Å². The molecule has 0 aliphatic rings. The molecule has 0 rings (SSSR count). The minimum absolute atomic E-state index is 0.571. The summed E-state index contributed by atoms with van der Waals surface area (Å²) in [6.07, 6.45) is 13.0. The third-order valence-corrected chi connectivity index (χ3v) is 4.86. The van der Waals surface area contributed by atoms with Crippen molar-refractivity contribution >= 4 is 16.6 Å². The maximum absolute atomic E-state index is 6.21. The summed E-state index contributed by atoms with van der Waals surface area (Å²) in [6, 6.07) is 0. The number of hydrogen-bond acceptors (Lipinski definition) is 3. The first kappa shape index (κ1) is 23.3. The average Bonchev–Trinajstić information content (AvgIpc) is 2.42. The van der Waals surface area contributed by atoms with Crippen LogP contribution in [0.25, 0.3) is 0 Å². The summed E-state index contributed by atoms with van der Waals surface area (Å²) in [4.78, 5) is 0. The Kier molecular flexibility index (Phi) is 11.5. The van der Waals surface area contributed by atoms with Gasteiger partial charge in [0, 0.05) is 0 Å². The van der Waals surface area contributed by atoms with Crippen LogP contribution in [0.2, 0.25) is 39.3 Å². The molecule has 0 aliphatic carbocycles. The summed E-state index contributed by atoms with van der Waals surface area (Å²) < 4.78 is 17.6. The van der Waals surface area contributed by atoms with E-state index < -0.39 is 16.6 Å². The van der Waals surface area contributed by atoms with E-state index in [2.05, 4.69) is 52.3 Å². The van der Waals surface area contributed by atoms with Crippen molar-refractivity contribution in [1.29, 1.82) is 0 Å². The van der Waals surface area contributed by atoms with Gasteiger partial charge in [-0.25, -0.2) is 0 Å². The second kappa shape index (κ2) is 11.8. The van der Waals surface area contributed by atoms with Crippen LogP contribution in [-0.4, -0.2) is 23.7 Å². The third kappa shape index (κ3) is 14.9. The highest BCUT2D eigenvalue weighted by Gasteiger charge is 2.21. The van der Waals surface area contributed by atoms with Crippen LogP contribution in [0.1, 0.15) is 51.9 Å². The van der Waals surface area contributed by atoms with Gasteiger partial charge in [0.2, 0.25) is 16.6 Å². The molecule has 0 heterocycles. The Morgan fingerprint density at radius 3 is 1.83 bits per heavy atom. The molecule has 0 saturated carbocycles. The summed E-state index contributed by atoms with van der Waals surface area (Å²) in [6.45, 7) is 15.3. The van der Waals surface area contributed by atoms with Crippen LogP contribution < -0.4 is 0 Å². The van der Waals surface area contributed by atoms with Gasteiger partial charge in [-0.1, -0.05) is 39.0 Å². The maximum atomic E-state index is 6.21. The number of rotatable bonds is 13. The normalized spacial score (nSPS) is 13.8. The zero-order chi connectivity index (χ0) is 18.6. The topological polar surface area (TPSA) is 27.7 Å². The number of allylic oxidation sites excluding steroid dienone is 2. The molecule has 0 aromatic carbocycles. The first-order valence-electron chi connectivity index (χ1n) is 9.41. The fourth-order valence-corrected chi connectivity index (χ4v) is 3.80. The van der Waals surface area contributed by atoms with Crippen molar-refractivity contribution in [2.75, 3.05) is 7.11 Å². The molecule has 5 heteroatoms. The number of unbranched alkanes of at least 4 members (excludes halogenated alkanes) is 6. The highest BCUT2D eigenvalue weighted by Crippen LogP contribution is 2.18. The van der Waals surface area contributed by atoms with Crippen molar-refractivity contribution in [2.45, 2.75) is 91.2 Å². The van der Waals surface area contributed by atoms with Gasteiger partial charge in [-0.15, -0.1) is 0 Å².